The molecule has 1 N–H and O–H groups in total. The van der Waals surface area contributed by atoms with Gasteiger partial charge in [-0.05, 0) is 25.1 Å². The second kappa shape index (κ2) is 5.77. The molecule has 0 fully saturated rings. The summed E-state index contributed by atoms with van der Waals surface area (Å²) in [6.07, 6.45) is 0.337. The predicted octanol–water partition coefficient (Wildman–Crippen LogP) is 1.40. The number of nitrogens with zero attached hydrogens (tertiary/aromatic N) is 1. The zero-order valence-corrected chi connectivity index (χ0v) is 9.33. The van der Waals surface area contributed by atoms with Gasteiger partial charge in [-0.15, -0.1) is 0 Å². The Balaban J connectivity index is 2.77. The van der Waals surface area contributed by atoms with Crippen molar-refractivity contribution >= 4 is 0 Å². The standard InChI is InChI=1S/C11H15F2NO2/c1-14(7-15)4-3-8-5-10(13)11(16-2)6-9(8)12/h5-6,15H,3-4,7H2,1-2H3. The summed E-state index contributed by atoms with van der Waals surface area (Å²) in [7, 11) is 2.98. The lowest BCUT2D eigenvalue weighted by Gasteiger charge is -2.13. The molecular weight excluding hydrogens is 216 g/mol. The summed E-state index contributed by atoms with van der Waals surface area (Å²) in [6.45, 7) is 0.347. The molecule has 1 aromatic carbocycles. The maximum atomic E-state index is 13.4. The molecule has 5 heteroatoms. The van der Waals surface area contributed by atoms with E-state index in [1.165, 1.54) is 7.11 Å². The van der Waals surface area contributed by atoms with Crippen molar-refractivity contribution in [3.05, 3.63) is 29.3 Å². The fourth-order valence-corrected chi connectivity index (χ4v) is 1.30. The Morgan fingerprint density at radius 2 is 2.00 bits per heavy atom. The van der Waals surface area contributed by atoms with E-state index in [2.05, 4.69) is 4.74 Å². The molecule has 0 aliphatic heterocycles. The van der Waals surface area contributed by atoms with E-state index < -0.39 is 11.6 Å². The SMILES string of the molecule is COc1cc(F)c(CCN(C)CO)cc1F. The first-order valence-electron chi connectivity index (χ1n) is 4.89. The Morgan fingerprint density at radius 3 is 2.56 bits per heavy atom. The molecule has 0 spiro atoms. The first kappa shape index (κ1) is 12.9. The van der Waals surface area contributed by atoms with Gasteiger partial charge in [0.05, 0.1) is 13.8 Å². The molecule has 0 amide bonds. The lowest BCUT2D eigenvalue weighted by Crippen LogP contribution is -2.22. The van der Waals surface area contributed by atoms with E-state index in [1.807, 2.05) is 0 Å². The fourth-order valence-electron chi connectivity index (χ4n) is 1.30. The number of likely N-dealkylation sites (N-methyl/N-ethyl adjacent to an activating group) is 1. The van der Waals surface area contributed by atoms with E-state index in [4.69, 9.17) is 5.11 Å². The number of halogens is 2. The van der Waals surface area contributed by atoms with Gasteiger partial charge in [0.2, 0.25) is 0 Å². The molecule has 0 heterocycles. The first-order valence-corrected chi connectivity index (χ1v) is 4.89. The fraction of sp³-hybridized carbons (Fsp3) is 0.455. The van der Waals surface area contributed by atoms with Crippen LogP contribution in [-0.2, 0) is 6.42 Å². The van der Waals surface area contributed by atoms with Gasteiger partial charge in [-0.1, -0.05) is 0 Å². The Kier molecular flexibility index (Phi) is 4.64. The Morgan fingerprint density at radius 1 is 1.31 bits per heavy atom. The molecule has 0 saturated heterocycles. The normalized spacial score (nSPS) is 10.9. The van der Waals surface area contributed by atoms with Gasteiger partial charge in [0, 0.05) is 12.6 Å². The third kappa shape index (κ3) is 3.15. The van der Waals surface area contributed by atoms with Crippen molar-refractivity contribution in [1.82, 2.24) is 4.90 Å². The smallest absolute Gasteiger partial charge is 0.165 e. The summed E-state index contributed by atoms with van der Waals surface area (Å²) >= 11 is 0. The molecule has 0 atom stereocenters. The Bertz CT molecular complexity index is 358. The van der Waals surface area contributed by atoms with Crippen molar-refractivity contribution in [3.63, 3.8) is 0 Å². The number of hydrogen-bond donors (Lipinski definition) is 1. The molecular formula is C11H15F2NO2. The van der Waals surface area contributed by atoms with E-state index in [-0.39, 0.29) is 18.0 Å². The van der Waals surface area contributed by atoms with Gasteiger partial charge in [-0.3, -0.25) is 4.90 Å². The van der Waals surface area contributed by atoms with Crippen LogP contribution in [0.3, 0.4) is 0 Å². The van der Waals surface area contributed by atoms with Crippen LogP contribution in [0.5, 0.6) is 5.75 Å². The van der Waals surface area contributed by atoms with Crippen molar-refractivity contribution in [3.8, 4) is 5.75 Å². The number of aliphatic hydroxyl groups excluding tert-OH is 1. The van der Waals surface area contributed by atoms with E-state index in [1.54, 1.807) is 11.9 Å². The van der Waals surface area contributed by atoms with Crippen LogP contribution < -0.4 is 4.74 Å². The van der Waals surface area contributed by atoms with Crippen LogP contribution in [0.1, 0.15) is 5.56 Å². The molecule has 0 radical (unpaired) electrons. The number of methoxy groups -OCH3 is 1. The molecule has 0 aliphatic rings. The third-order valence-corrected chi connectivity index (χ3v) is 2.33. The number of aliphatic hydroxyl groups is 1. The van der Waals surface area contributed by atoms with Crippen LogP contribution in [0, 0.1) is 11.6 Å². The predicted molar refractivity (Wildman–Crippen MR) is 56.3 cm³/mol. The van der Waals surface area contributed by atoms with Crippen LogP contribution in [0.2, 0.25) is 0 Å². The highest BCUT2D eigenvalue weighted by atomic mass is 19.1. The van der Waals surface area contributed by atoms with Gasteiger partial charge >= 0.3 is 0 Å². The van der Waals surface area contributed by atoms with Crippen molar-refractivity contribution < 1.29 is 18.6 Å². The van der Waals surface area contributed by atoms with Gasteiger partial charge in [0.1, 0.15) is 5.82 Å². The maximum Gasteiger partial charge on any atom is 0.165 e. The number of benzene rings is 1. The highest BCUT2D eigenvalue weighted by molar-refractivity contribution is 5.31. The number of rotatable bonds is 5. The lowest BCUT2D eigenvalue weighted by molar-refractivity contribution is 0.134. The minimum absolute atomic E-state index is 0.100. The Labute approximate surface area is 93.3 Å². The van der Waals surface area contributed by atoms with E-state index in [0.717, 1.165) is 12.1 Å². The molecule has 0 unspecified atom stereocenters. The van der Waals surface area contributed by atoms with Crippen LogP contribution >= 0.6 is 0 Å². The van der Waals surface area contributed by atoms with Crippen LogP contribution in [0.25, 0.3) is 0 Å². The maximum absolute atomic E-state index is 13.4. The number of hydrogen-bond acceptors (Lipinski definition) is 3. The van der Waals surface area contributed by atoms with Gasteiger partial charge in [0.25, 0.3) is 0 Å². The highest BCUT2D eigenvalue weighted by Crippen LogP contribution is 2.21. The molecule has 0 saturated carbocycles. The van der Waals surface area contributed by atoms with Gasteiger partial charge in [-0.25, -0.2) is 8.78 Å². The van der Waals surface area contributed by atoms with E-state index >= 15 is 0 Å². The summed E-state index contributed by atoms with van der Waals surface area (Å²) in [4.78, 5) is 1.60. The summed E-state index contributed by atoms with van der Waals surface area (Å²) in [5.74, 6) is -1.17. The van der Waals surface area contributed by atoms with Gasteiger partial charge in [0.15, 0.2) is 11.6 Å². The third-order valence-electron chi connectivity index (χ3n) is 2.33. The average molecular weight is 231 g/mol. The average Bonchev–Trinajstić information content (AvgIpc) is 2.29. The van der Waals surface area contributed by atoms with Crippen molar-refractivity contribution in [2.24, 2.45) is 0 Å². The largest absolute Gasteiger partial charge is 0.494 e. The van der Waals surface area contributed by atoms with Crippen molar-refractivity contribution in [2.45, 2.75) is 6.42 Å². The highest BCUT2D eigenvalue weighted by Gasteiger charge is 2.10. The number of ether oxygens (including phenoxy) is 1. The zero-order chi connectivity index (χ0) is 12.1. The molecule has 1 aromatic rings. The van der Waals surface area contributed by atoms with Crippen molar-refractivity contribution in [1.29, 1.82) is 0 Å². The molecule has 0 bridgehead atoms. The Hall–Kier alpha value is -1.20. The van der Waals surface area contributed by atoms with Crippen LogP contribution in [-0.4, -0.2) is 37.4 Å². The summed E-state index contributed by atoms with van der Waals surface area (Å²) in [6, 6.07) is 2.16. The van der Waals surface area contributed by atoms with Crippen molar-refractivity contribution in [2.75, 3.05) is 27.4 Å². The first-order chi connectivity index (χ1) is 7.58. The molecule has 3 nitrogen and oxygen atoms in total. The van der Waals surface area contributed by atoms with Crippen LogP contribution in [0.4, 0.5) is 8.78 Å². The van der Waals surface area contributed by atoms with E-state index in [0.29, 0.717) is 13.0 Å². The summed E-state index contributed by atoms with van der Waals surface area (Å²) < 4.78 is 31.4. The molecule has 0 aromatic heterocycles. The second-order valence-corrected chi connectivity index (χ2v) is 3.55. The summed E-state index contributed by atoms with van der Waals surface area (Å²) in [5, 5.41) is 8.76. The molecule has 1 rings (SSSR count). The molecule has 90 valence electrons. The van der Waals surface area contributed by atoms with Gasteiger partial charge in [-0.2, -0.15) is 0 Å². The lowest BCUT2D eigenvalue weighted by atomic mass is 10.1. The van der Waals surface area contributed by atoms with Gasteiger partial charge < -0.3 is 9.84 Å². The topological polar surface area (TPSA) is 32.7 Å². The molecule has 16 heavy (non-hydrogen) atoms. The zero-order valence-electron chi connectivity index (χ0n) is 9.33. The quantitative estimate of drug-likeness (QED) is 0.777. The minimum Gasteiger partial charge on any atom is -0.494 e. The monoisotopic (exact) mass is 231 g/mol. The second-order valence-electron chi connectivity index (χ2n) is 3.55. The van der Waals surface area contributed by atoms with E-state index in [9.17, 15) is 8.78 Å². The minimum atomic E-state index is -0.578. The molecule has 0 aliphatic carbocycles. The summed E-state index contributed by atoms with van der Waals surface area (Å²) in [5.41, 5.74) is 0.276. The van der Waals surface area contributed by atoms with Crippen LogP contribution in [0.15, 0.2) is 12.1 Å².